The molecule has 1 atom stereocenters. The molecule has 0 saturated heterocycles. The Balaban J connectivity index is 1.31. The second-order valence-corrected chi connectivity index (χ2v) is 6.26. The lowest BCUT2D eigenvalue weighted by Crippen LogP contribution is -3.06. The Kier molecular flexibility index (Phi) is 4.62. The molecule has 4 rings (SSSR count). The molecule has 0 aliphatic carbocycles. The summed E-state index contributed by atoms with van der Waals surface area (Å²) in [6.45, 7) is 1.26. The van der Waals surface area contributed by atoms with Crippen LogP contribution in [-0.4, -0.2) is 19.5 Å². The van der Waals surface area contributed by atoms with E-state index in [1.54, 1.807) is 12.4 Å². The molecule has 5 heteroatoms. The molecule has 0 radical (unpaired) electrons. The van der Waals surface area contributed by atoms with E-state index in [1.165, 1.54) is 17.3 Å². The first kappa shape index (κ1) is 16.3. The molecule has 5 nitrogen and oxygen atoms in total. The molecule has 2 heterocycles. The predicted octanol–water partition coefficient (Wildman–Crippen LogP) is 2.18. The minimum atomic E-state index is 0.466. The molecule has 1 aliphatic rings. The maximum absolute atomic E-state index is 11.7. The van der Waals surface area contributed by atoms with Crippen LogP contribution >= 0.6 is 0 Å². The molecular formula is C21H20N3O2+. The van der Waals surface area contributed by atoms with Gasteiger partial charge in [0.25, 0.3) is 0 Å². The minimum absolute atomic E-state index is 0.466. The predicted molar refractivity (Wildman–Crippen MR) is 100 cm³/mol. The van der Waals surface area contributed by atoms with Gasteiger partial charge < -0.3 is 9.94 Å². The Hall–Kier alpha value is -3.18. The van der Waals surface area contributed by atoms with Gasteiger partial charge in [0.15, 0.2) is 0 Å². The summed E-state index contributed by atoms with van der Waals surface area (Å²) in [6, 6.07) is 22.3. The number of hydrogen-bond donors (Lipinski definition) is 1. The molecule has 1 aromatic heterocycles. The van der Waals surface area contributed by atoms with E-state index in [0.717, 1.165) is 27.5 Å². The molecular weight excluding hydrogens is 326 g/mol. The van der Waals surface area contributed by atoms with Gasteiger partial charge in [-0.25, -0.2) is 9.63 Å². The first-order valence-electron chi connectivity index (χ1n) is 8.68. The van der Waals surface area contributed by atoms with Crippen LogP contribution in [0.4, 0.5) is 11.5 Å². The SMILES string of the molecule is [O-][n+]1cccc2c1N=C[NH+]2CCOc1ccc(Cc2ccccc2)cc1. The molecule has 0 saturated carbocycles. The summed E-state index contributed by atoms with van der Waals surface area (Å²) in [7, 11) is 0. The normalized spacial score (nSPS) is 15.0. The molecule has 1 aliphatic heterocycles. The Morgan fingerprint density at radius 1 is 0.923 bits per heavy atom. The van der Waals surface area contributed by atoms with Crippen LogP contribution in [0.3, 0.4) is 0 Å². The number of aliphatic imine (C=N–C) groups is 1. The van der Waals surface area contributed by atoms with Gasteiger partial charge in [0, 0.05) is 11.1 Å². The van der Waals surface area contributed by atoms with E-state index in [-0.39, 0.29) is 0 Å². The Bertz CT molecular complexity index is 908. The number of fused-ring (bicyclic) bond motifs is 1. The average molecular weight is 346 g/mol. The number of nitrogens with zero attached hydrogens (tertiary/aromatic N) is 2. The third-order valence-corrected chi connectivity index (χ3v) is 4.44. The maximum atomic E-state index is 11.7. The van der Waals surface area contributed by atoms with Crippen LogP contribution in [0.25, 0.3) is 0 Å². The summed E-state index contributed by atoms with van der Waals surface area (Å²) in [5, 5.41) is 11.7. The maximum Gasteiger partial charge on any atom is 0.393 e. The zero-order valence-corrected chi connectivity index (χ0v) is 14.3. The summed E-state index contributed by atoms with van der Waals surface area (Å²) >= 11 is 0. The molecule has 0 bridgehead atoms. The van der Waals surface area contributed by atoms with Crippen molar-refractivity contribution in [2.24, 2.45) is 4.99 Å². The van der Waals surface area contributed by atoms with Crippen molar-refractivity contribution in [3.63, 3.8) is 0 Å². The van der Waals surface area contributed by atoms with Crippen molar-refractivity contribution in [1.82, 2.24) is 0 Å². The monoisotopic (exact) mass is 346 g/mol. The first-order chi connectivity index (χ1) is 12.8. The summed E-state index contributed by atoms with van der Waals surface area (Å²) in [5.74, 6) is 1.32. The Morgan fingerprint density at radius 3 is 2.50 bits per heavy atom. The van der Waals surface area contributed by atoms with Gasteiger partial charge in [0.1, 0.15) is 18.9 Å². The molecule has 26 heavy (non-hydrogen) atoms. The van der Waals surface area contributed by atoms with Crippen molar-refractivity contribution < 1.29 is 14.4 Å². The zero-order valence-electron chi connectivity index (χ0n) is 14.3. The highest BCUT2D eigenvalue weighted by molar-refractivity contribution is 5.66. The first-order valence-corrected chi connectivity index (χ1v) is 8.68. The van der Waals surface area contributed by atoms with Crippen molar-refractivity contribution in [2.45, 2.75) is 6.42 Å². The molecule has 0 amide bonds. The quantitative estimate of drug-likeness (QED) is 0.549. The summed E-state index contributed by atoms with van der Waals surface area (Å²) in [6.07, 6.45) is 4.14. The van der Waals surface area contributed by atoms with Crippen LogP contribution in [0.1, 0.15) is 11.1 Å². The van der Waals surface area contributed by atoms with Crippen LogP contribution in [0, 0.1) is 5.21 Å². The average Bonchev–Trinajstić information content (AvgIpc) is 3.09. The fourth-order valence-electron chi connectivity index (χ4n) is 3.08. The van der Waals surface area contributed by atoms with Gasteiger partial charge in [-0.2, -0.15) is 0 Å². The van der Waals surface area contributed by atoms with Crippen molar-refractivity contribution in [3.05, 3.63) is 89.3 Å². The molecule has 0 fully saturated rings. The van der Waals surface area contributed by atoms with Crippen LogP contribution in [0.15, 0.2) is 77.9 Å². The Morgan fingerprint density at radius 2 is 1.69 bits per heavy atom. The van der Waals surface area contributed by atoms with Gasteiger partial charge in [-0.3, -0.25) is 0 Å². The van der Waals surface area contributed by atoms with Crippen LogP contribution in [0.5, 0.6) is 5.75 Å². The lowest BCUT2D eigenvalue weighted by atomic mass is 10.1. The van der Waals surface area contributed by atoms with Crippen molar-refractivity contribution in [2.75, 3.05) is 13.2 Å². The third kappa shape index (κ3) is 3.58. The van der Waals surface area contributed by atoms with E-state index in [2.05, 4.69) is 41.4 Å². The number of quaternary nitrogens is 1. The highest BCUT2D eigenvalue weighted by Crippen LogP contribution is 2.18. The van der Waals surface area contributed by atoms with E-state index >= 15 is 0 Å². The highest BCUT2D eigenvalue weighted by atomic mass is 16.5. The molecule has 1 unspecified atom stereocenters. The molecule has 3 aromatic rings. The number of hydrogen-bond acceptors (Lipinski definition) is 3. The van der Waals surface area contributed by atoms with Crippen LogP contribution < -0.4 is 14.4 Å². The van der Waals surface area contributed by atoms with E-state index in [4.69, 9.17) is 4.74 Å². The minimum Gasteiger partial charge on any atom is -0.710 e. The number of rotatable bonds is 6. The second kappa shape index (κ2) is 7.37. The molecule has 0 spiro atoms. The van der Waals surface area contributed by atoms with Gasteiger partial charge in [-0.05, 0) is 35.7 Å². The number of pyridine rings is 1. The van der Waals surface area contributed by atoms with Gasteiger partial charge in [-0.1, -0.05) is 42.5 Å². The largest absolute Gasteiger partial charge is 0.710 e. The van der Waals surface area contributed by atoms with Crippen LogP contribution in [-0.2, 0) is 6.42 Å². The van der Waals surface area contributed by atoms with Gasteiger partial charge in [0.05, 0.1) is 6.20 Å². The molecule has 130 valence electrons. The van der Waals surface area contributed by atoms with E-state index < -0.39 is 0 Å². The van der Waals surface area contributed by atoms with Crippen molar-refractivity contribution in [3.8, 4) is 5.75 Å². The fraction of sp³-hybridized carbons (Fsp3) is 0.143. The molecule has 1 N–H and O–H groups in total. The fourth-order valence-corrected chi connectivity index (χ4v) is 3.08. The zero-order chi connectivity index (χ0) is 17.8. The summed E-state index contributed by atoms with van der Waals surface area (Å²) in [4.78, 5) is 5.22. The number of ether oxygens (including phenoxy) is 1. The number of benzene rings is 2. The topological polar surface area (TPSA) is 53.0 Å². The summed E-state index contributed by atoms with van der Waals surface area (Å²) < 4.78 is 6.65. The number of nitrogens with one attached hydrogen (secondary N) is 1. The van der Waals surface area contributed by atoms with Crippen molar-refractivity contribution in [1.29, 1.82) is 0 Å². The second-order valence-electron chi connectivity index (χ2n) is 6.26. The summed E-state index contributed by atoms with van der Waals surface area (Å²) in [5.41, 5.74) is 3.45. The smallest absolute Gasteiger partial charge is 0.393 e. The van der Waals surface area contributed by atoms with E-state index in [0.29, 0.717) is 19.0 Å². The van der Waals surface area contributed by atoms with Crippen LogP contribution in [0.2, 0.25) is 0 Å². The van der Waals surface area contributed by atoms with Crippen molar-refractivity contribution >= 4 is 17.8 Å². The number of aromatic nitrogens is 1. The lowest BCUT2D eigenvalue weighted by molar-refractivity contribution is -0.724. The highest BCUT2D eigenvalue weighted by Gasteiger charge is 2.29. The lowest BCUT2D eigenvalue weighted by Gasteiger charge is -2.10. The van der Waals surface area contributed by atoms with Gasteiger partial charge in [-0.15, -0.1) is 0 Å². The van der Waals surface area contributed by atoms with E-state index in [1.807, 2.05) is 24.3 Å². The molecule has 2 aromatic carbocycles. The third-order valence-electron chi connectivity index (χ3n) is 4.44. The standard InChI is InChI=1S/C21H19N3O2/c25-24-12-4-7-20-21(24)22-16-23(20)13-14-26-19-10-8-18(9-11-19)15-17-5-2-1-3-6-17/h1-12,16H,13-15H2/p+1. The van der Waals surface area contributed by atoms with E-state index in [9.17, 15) is 5.21 Å². The van der Waals surface area contributed by atoms with Gasteiger partial charge in [0.2, 0.25) is 5.69 Å². The van der Waals surface area contributed by atoms with Gasteiger partial charge >= 0.3 is 12.2 Å². The Labute approximate surface area is 152 Å².